The number of thioether (sulfide) groups is 1. The van der Waals surface area contributed by atoms with Gasteiger partial charge >= 0.3 is 0 Å². The molecule has 0 radical (unpaired) electrons. The minimum atomic E-state index is -0.880. The predicted octanol–water partition coefficient (Wildman–Crippen LogP) is 4.71. The molecule has 0 saturated heterocycles. The van der Waals surface area contributed by atoms with Crippen molar-refractivity contribution >= 4 is 45.2 Å². The van der Waals surface area contributed by atoms with Crippen LogP contribution < -0.4 is 10.6 Å². The van der Waals surface area contributed by atoms with Crippen molar-refractivity contribution in [3.05, 3.63) is 70.0 Å². The number of rotatable bonds is 8. The van der Waals surface area contributed by atoms with Gasteiger partial charge in [-0.3, -0.25) is 9.59 Å². The molecule has 0 aliphatic heterocycles. The third-order valence-electron chi connectivity index (χ3n) is 4.74. The number of aromatic nitrogens is 3. The molecule has 1 heterocycles. The third-order valence-corrected chi connectivity index (χ3v) is 6.39. The largest absolute Gasteiger partial charge is 0.342 e. The second-order valence-electron chi connectivity index (χ2n) is 7.54. The quantitative estimate of drug-likeness (QED) is 0.406. The number of carbonyl (C=O) groups excluding carboxylic acids is 2. The van der Waals surface area contributed by atoms with Crippen LogP contribution in [0.3, 0.4) is 0 Å². The minimum absolute atomic E-state index is 0.0283. The van der Waals surface area contributed by atoms with Crippen molar-refractivity contribution in [2.75, 3.05) is 11.1 Å². The van der Waals surface area contributed by atoms with E-state index in [2.05, 4.69) is 36.8 Å². The molecule has 2 amide bonds. The van der Waals surface area contributed by atoms with Crippen molar-refractivity contribution in [2.45, 2.75) is 25.0 Å². The standard InChI is InChI=1S/C22H22BrF2N5O2S/c1-12(2)18(27-21(32)13-7-5-4-6-8-13)20-28-29-22(30(20)3)33-11-17(31)26-19-15(23)9-14(24)10-16(19)25/h4-10,12,18H,11H2,1-3H3,(H,26,31)(H,27,32)/t18-/m0/s1. The van der Waals surface area contributed by atoms with Crippen molar-refractivity contribution in [1.82, 2.24) is 20.1 Å². The van der Waals surface area contributed by atoms with Crippen LogP contribution >= 0.6 is 27.7 Å². The van der Waals surface area contributed by atoms with Crippen molar-refractivity contribution in [2.24, 2.45) is 13.0 Å². The number of halogens is 3. The van der Waals surface area contributed by atoms with Crippen molar-refractivity contribution in [1.29, 1.82) is 0 Å². The van der Waals surface area contributed by atoms with Crippen LogP contribution in [0.15, 0.2) is 52.1 Å². The highest BCUT2D eigenvalue weighted by atomic mass is 79.9. The number of hydrogen-bond acceptors (Lipinski definition) is 5. The Labute approximate surface area is 202 Å². The Morgan fingerprint density at radius 1 is 1.15 bits per heavy atom. The van der Waals surface area contributed by atoms with Crippen LogP contribution in [0.2, 0.25) is 0 Å². The monoisotopic (exact) mass is 537 g/mol. The van der Waals surface area contributed by atoms with Gasteiger partial charge in [0, 0.05) is 23.2 Å². The zero-order valence-corrected chi connectivity index (χ0v) is 20.5. The maximum absolute atomic E-state index is 13.9. The fourth-order valence-electron chi connectivity index (χ4n) is 3.03. The number of nitrogens with one attached hydrogen (secondary N) is 2. The Kier molecular flexibility index (Phi) is 8.20. The Bertz CT molecular complexity index is 1130. The summed E-state index contributed by atoms with van der Waals surface area (Å²) in [5.74, 6) is -1.85. The number of anilines is 1. The lowest BCUT2D eigenvalue weighted by Crippen LogP contribution is -2.33. The summed E-state index contributed by atoms with van der Waals surface area (Å²) in [6, 6.07) is 10.2. The van der Waals surface area contributed by atoms with Gasteiger partial charge in [0.25, 0.3) is 5.91 Å². The summed E-state index contributed by atoms with van der Waals surface area (Å²) in [6.45, 7) is 3.92. The van der Waals surface area contributed by atoms with E-state index in [1.165, 1.54) is 0 Å². The van der Waals surface area contributed by atoms with E-state index in [0.29, 0.717) is 22.6 Å². The molecule has 11 heteroatoms. The van der Waals surface area contributed by atoms with E-state index in [-0.39, 0.29) is 27.7 Å². The molecule has 0 spiro atoms. The third kappa shape index (κ3) is 6.17. The second-order valence-corrected chi connectivity index (χ2v) is 9.34. The van der Waals surface area contributed by atoms with Crippen LogP contribution in [0.1, 0.15) is 36.1 Å². The van der Waals surface area contributed by atoms with Crippen LogP contribution in [0, 0.1) is 17.6 Å². The van der Waals surface area contributed by atoms with E-state index in [9.17, 15) is 18.4 Å². The zero-order valence-electron chi connectivity index (χ0n) is 18.1. The first kappa shape index (κ1) is 24.8. The number of amides is 2. The average Bonchev–Trinajstić information content (AvgIpc) is 3.13. The highest BCUT2D eigenvalue weighted by molar-refractivity contribution is 9.10. The first-order chi connectivity index (χ1) is 15.7. The molecule has 0 aliphatic rings. The summed E-state index contributed by atoms with van der Waals surface area (Å²) in [5.41, 5.74) is 0.403. The smallest absolute Gasteiger partial charge is 0.251 e. The van der Waals surface area contributed by atoms with Gasteiger partial charge in [-0.25, -0.2) is 8.78 Å². The molecule has 0 saturated carbocycles. The van der Waals surface area contributed by atoms with Gasteiger partial charge in [0.1, 0.15) is 5.82 Å². The fraction of sp³-hybridized carbons (Fsp3) is 0.273. The van der Waals surface area contributed by atoms with Crippen LogP contribution in [0.25, 0.3) is 0 Å². The van der Waals surface area contributed by atoms with Gasteiger partial charge in [0.05, 0.1) is 17.5 Å². The summed E-state index contributed by atoms with van der Waals surface area (Å²) in [4.78, 5) is 24.9. The average molecular weight is 538 g/mol. The Morgan fingerprint density at radius 2 is 1.85 bits per heavy atom. The maximum Gasteiger partial charge on any atom is 0.251 e. The summed E-state index contributed by atoms with van der Waals surface area (Å²) >= 11 is 4.15. The molecule has 33 heavy (non-hydrogen) atoms. The highest BCUT2D eigenvalue weighted by Crippen LogP contribution is 2.28. The van der Waals surface area contributed by atoms with Gasteiger partial charge in [0.15, 0.2) is 16.8 Å². The molecule has 0 unspecified atom stereocenters. The van der Waals surface area contributed by atoms with E-state index < -0.39 is 23.6 Å². The van der Waals surface area contributed by atoms with Crippen LogP contribution in [-0.4, -0.2) is 32.3 Å². The molecule has 3 rings (SSSR count). The lowest BCUT2D eigenvalue weighted by Gasteiger charge is -2.21. The molecule has 0 aliphatic carbocycles. The molecule has 0 bridgehead atoms. The van der Waals surface area contributed by atoms with E-state index >= 15 is 0 Å². The normalized spacial score (nSPS) is 12.0. The highest BCUT2D eigenvalue weighted by Gasteiger charge is 2.25. The molecule has 1 atom stereocenters. The molecule has 2 aromatic carbocycles. The van der Waals surface area contributed by atoms with Gasteiger partial charge in [-0.15, -0.1) is 10.2 Å². The van der Waals surface area contributed by atoms with Crippen LogP contribution in [-0.2, 0) is 11.8 Å². The fourth-order valence-corrected chi connectivity index (χ4v) is 4.26. The van der Waals surface area contributed by atoms with Crippen LogP contribution in [0.5, 0.6) is 0 Å². The lowest BCUT2D eigenvalue weighted by atomic mass is 10.0. The zero-order chi connectivity index (χ0) is 24.1. The Balaban J connectivity index is 1.68. The number of hydrogen-bond donors (Lipinski definition) is 2. The minimum Gasteiger partial charge on any atom is -0.342 e. The molecular weight excluding hydrogens is 516 g/mol. The summed E-state index contributed by atoms with van der Waals surface area (Å²) in [6.07, 6.45) is 0. The molecule has 3 aromatic rings. The second kappa shape index (κ2) is 10.9. The first-order valence-electron chi connectivity index (χ1n) is 9.99. The molecule has 2 N–H and O–H groups in total. The SMILES string of the molecule is CC(C)[C@H](NC(=O)c1ccccc1)c1nnc(SCC(=O)Nc2c(F)cc(F)cc2Br)n1C. The summed E-state index contributed by atoms with van der Waals surface area (Å²) < 4.78 is 29.0. The first-order valence-corrected chi connectivity index (χ1v) is 11.8. The summed E-state index contributed by atoms with van der Waals surface area (Å²) in [7, 11) is 1.75. The predicted molar refractivity (Wildman–Crippen MR) is 126 cm³/mol. The number of benzene rings is 2. The van der Waals surface area contributed by atoms with Crippen molar-refractivity contribution < 1.29 is 18.4 Å². The van der Waals surface area contributed by atoms with E-state index in [1.54, 1.807) is 35.9 Å². The Morgan fingerprint density at radius 3 is 2.48 bits per heavy atom. The topological polar surface area (TPSA) is 88.9 Å². The maximum atomic E-state index is 13.9. The van der Waals surface area contributed by atoms with Gasteiger partial charge in [-0.05, 0) is 40.0 Å². The van der Waals surface area contributed by atoms with Gasteiger partial charge < -0.3 is 15.2 Å². The lowest BCUT2D eigenvalue weighted by molar-refractivity contribution is -0.113. The molecule has 174 valence electrons. The van der Waals surface area contributed by atoms with Crippen molar-refractivity contribution in [3.8, 4) is 0 Å². The molecule has 0 fully saturated rings. The van der Waals surface area contributed by atoms with E-state index in [1.807, 2.05) is 19.9 Å². The Hall–Kier alpha value is -2.79. The van der Waals surface area contributed by atoms with Gasteiger partial charge in [-0.1, -0.05) is 43.8 Å². The molecule has 1 aromatic heterocycles. The number of nitrogens with zero attached hydrogens (tertiary/aromatic N) is 3. The molecule has 7 nitrogen and oxygen atoms in total. The number of carbonyl (C=O) groups is 2. The van der Waals surface area contributed by atoms with Gasteiger partial charge in [0.2, 0.25) is 5.91 Å². The summed E-state index contributed by atoms with van der Waals surface area (Å²) in [5, 5.41) is 14.2. The molecular formula is C22H22BrF2N5O2S. The van der Waals surface area contributed by atoms with E-state index in [4.69, 9.17) is 0 Å². The van der Waals surface area contributed by atoms with Crippen molar-refractivity contribution in [3.63, 3.8) is 0 Å². The van der Waals surface area contributed by atoms with E-state index in [0.717, 1.165) is 17.8 Å². The van der Waals surface area contributed by atoms with Crippen LogP contribution in [0.4, 0.5) is 14.5 Å². The van der Waals surface area contributed by atoms with Gasteiger partial charge in [-0.2, -0.15) is 0 Å².